The van der Waals surface area contributed by atoms with Gasteiger partial charge in [-0.15, -0.1) is 0 Å². The van der Waals surface area contributed by atoms with Gasteiger partial charge < -0.3 is 15.2 Å². The fraction of sp³-hybridized carbons (Fsp3) is 0.115. The van der Waals surface area contributed by atoms with Crippen LogP contribution in [-0.4, -0.2) is 17.0 Å². The Balaban J connectivity index is 1.68. The number of carbonyl (C=O) groups excluding carboxylic acids is 1. The average molecular weight is 461 g/mol. The Kier molecular flexibility index (Phi) is 7.85. The fourth-order valence-corrected chi connectivity index (χ4v) is 3.34. The van der Waals surface area contributed by atoms with E-state index in [1.807, 2.05) is 43.3 Å². The molecular formula is C26H21ClN2O4. The summed E-state index contributed by atoms with van der Waals surface area (Å²) in [5.41, 5.74) is 2.31. The second-order valence-corrected chi connectivity index (χ2v) is 7.67. The zero-order valence-electron chi connectivity index (χ0n) is 17.8. The van der Waals surface area contributed by atoms with Crippen molar-refractivity contribution in [1.29, 1.82) is 5.26 Å². The highest BCUT2D eigenvalue weighted by Gasteiger charge is 2.14. The van der Waals surface area contributed by atoms with Gasteiger partial charge in [-0.25, -0.2) is 4.79 Å². The van der Waals surface area contributed by atoms with Crippen LogP contribution in [0.25, 0.3) is 6.08 Å². The molecule has 6 nitrogen and oxygen atoms in total. The lowest BCUT2D eigenvalue weighted by atomic mass is 10.1. The summed E-state index contributed by atoms with van der Waals surface area (Å²) in [6.07, 6.45) is 1.46. The number of hydrogen-bond acceptors (Lipinski definition) is 4. The second-order valence-electron chi connectivity index (χ2n) is 7.26. The van der Waals surface area contributed by atoms with E-state index in [2.05, 4.69) is 5.32 Å². The average Bonchev–Trinajstić information content (AvgIpc) is 2.82. The molecule has 0 radical (unpaired) electrons. The highest BCUT2D eigenvalue weighted by atomic mass is 35.5. The van der Waals surface area contributed by atoms with Gasteiger partial charge >= 0.3 is 5.97 Å². The van der Waals surface area contributed by atoms with Crippen LogP contribution in [0.5, 0.6) is 5.75 Å². The van der Waals surface area contributed by atoms with E-state index in [9.17, 15) is 14.9 Å². The van der Waals surface area contributed by atoms with E-state index < -0.39 is 11.9 Å². The standard InChI is InChI=1S/C26H21ClN2O4/c1-17(20-7-3-2-4-8-20)29-25(30)22(15-28)12-18-10-11-24(23(27)14-18)33-16-19-6-5-9-21(13-19)26(31)32/h2-14,17H,16H2,1H3,(H,29,30)(H,31,32)/b22-12-/t17-/m1/s1. The maximum absolute atomic E-state index is 12.5. The number of benzene rings is 3. The molecule has 0 saturated heterocycles. The van der Waals surface area contributed by atoms with Gasteiger partial charge in [-0.05, 0) is 54.0 Å². The van der Waals surface area contributed by atoms with Crippen molar-refractivity contribution >= 4 is 29.6 Å². The van der Waals surface area contributed by atoms with Crippen molar-refractivity contribution < 1.29 is 19.4 Å². The summed E-state index contributed by atoms with van der Waals surface area (Å²) in [5.74, 6) is -1.10. The first-order valence-corrected chi connectivity index (χ1v) is 10.5. The number of nitrogens with zero attached hydrogens (tertiary/aromatic N) is 1. The molecule has 3 rings (SSSR count). The Bertz CT molecular complexity index is 1230. The van der Waals surface area contributed by atoms with Crippen LogP contribution in [-0.2, 0) is 11.4 Å². The van der Waals surface area contributed by atoms with Crippen LogP contribution >= 0.6 is 11.6 Å². The molecule has 1 atom stereocenters. The zero-order valence-corrected chi connectivity index (χ0v) is 18.5. The molecule has 166 valence electrons. The number of carboxylic acids is 1. The van der Waals surface area contributed by atoms with Gasteiger partial charge in [0.25, 0.3) is 5.91 Å². The molecule has 0 heterocycles. The molecule has 1 amide bonds. The number of ether oxygens (including phenoxy) is 1. The highest BCUT2D eigenvalue weighted by molar-refractivity contribution is 6.32. The molecule has 2 N–H and O–H groups in total. The number of amides is 1. The normalized spacial score (nSPS) is 11.8. The Morgan fingerprint density at radius 3 is 2.55 bits per heavy atom. The van der Waals surface area contributed by atoms with Gasteiger partial charge in [0.1, 0.15) is 24.0 Å². The SMILES string of the molecule is C[C@@H](NC(=O)/C(C#N)=C\c1ccc(OCc2cccc(C(=O)O)c2)c(Cl)c1)c1ccccc1. The zero-order chi connectivity index (χ0) is 23.8. The van der Waals surface area contributed by atoms with Crippen molar-refractivity contribution in [3.05, 3.63) is 106 Å². The van der Waals surface area contributed by atoms with Crippen molar-refractivity contribution in [2.75, 3.05) is 0 Å². The maximum Gasteiger partial charge on any atom is 0.335 e. The first-order chi connectivity index (χ1) is 15.9. The molecule has 0 aliphatic rings. The van der Waals surface area contributed by atoms with Gasteiger partial charge in [0.2, 0.25) is 0 Å². The molecule has 3 aromatic carbocycles. The smallest absolute Gasteiger partial charge is 0.335 e. The molecule has 33 heavy (non-hydrogen) atoms. The van der Waals surface area contributed by atoms with E-state index in [1.165, 1.54) is 18.2 Å². The summed E-state index contributed by atoms with van der Waals surface area (Å²) < 4.78 is 5.70. The monoisotopic (exact) mass is 460 g/mol. The topological polar surface area (TPSA) is 99.4 Å². The van der Waals surface area contributed by atoms with Crippen LogP contribution in [0.2, 0.25) is 5.02 Å². The second kappa shape index (κ2) is 11.0. The van der Waals surface area contributed by atoms with Crippen molar-refractivity contribution in [1.82, 2.24) is 5.32 Å². The number of hydrogen-bond donors (Lipinski definition) is 2. The molecule has 0 spiro atoms. The van der Waals surface area contributed by atoms with E-state index in [4.69, 9.17) is 21.4 Å². The van der Waals surface area contributed by atoms with E-state index >= 15 is 0 Å². The maximum atomic E-state index is 12.5. The molecule has 3 aromatic rings. The Hall–Kier alpha value is -4.08. The summed E-state index contributed by atoms with van der Waals surface area (Å²) in [6.45, 7) is 1.98. The largest absolute Gasteiger partial charge is 0.487 e. The quantitative estimate of drug-likeness (QED) is 0.346. The third kappa shape index (κ3) is 6.45. The van der Waals surface area contributed by atoms with Gasteiger partial charge in [0, 0.05) is 0 Å². The molecule has 0 aliphatic heterocycles. The highest BCUT2D eigenvalue weighted by Crippen LogP contribution is 2.27. The summed E-state index contributed by atoms with van der Waals surface area (Å²) in [5, 5.41) is 21.7. The van der Waals surface area contributed by atoms with Crippen LogP contribution in [0, 0.1) is 11.3 Å². The first kappa shape index (κ1) is 23.6. The summed E-state index contributed by atoms with van der Waals surface area (Å²) in [4.78, 5) is 23.6. The Morgan fingerprint density at radius 2 is 1.88 bits per heavy atom. The van der Waals surface area contributed by atoms with Gasteiger partial charge in [-0.2, -0.15) is 5.26 Å². The summed E-state index contributed by atoms with van der Waals surface area (Å²) in [7, 11) is 0. The van der Waals surface area contributed by atoms with Gasteiger partial charge in [-0.1, -0.05) is 60.1 Å². The van der Waals surface area contributed by atoms with Crippen molar-refractivity contribution in [2.45, 2.75) is 19.6 Å². The first-order valence-electron chi connectivity index (χ1n) is 10.1. The number of carboxylic acid groups (broad SMARTS) is 1. The van der Waals surface area contributed by atoms with Crippen molar-refractivity contribution in [3.8, 4) is 11.8 Å². The van der Waals surface area contributed by atoms with E-state index in [0.29, 0.717) is 21.9 Å². The molecule has 0 aliphatic carbocycles. The van der Waals surface area contributed by atoms with Gasteiger partial charge in [0.05, 0.1) is 16.6 Å². The number of rotatable bonds is 8. The van der Waals surface area contributed by atoms with Crippen molar-refractivity contribution in [3.63, 3.8) is 0 Å². The summed E-state index contributed by atoms with van der Waals surface area (Å²) in [6, 6.07) is 22.5. The fourth-order valence-electron chi connectivity index (χ4n) is 3.09. The molecule has 7 heteroatoms. The number of carbonyl (C=O) groups is 2. The number of nitrogens with one attached hydrogen (secondary N) is 1. The van der Waals surface area contributed by atoms with Crippen LogP contribution < -0.4 is 10.1 Å². The molecule has 0 fully saturated rings. The van der Waals surface area contributed by atoms with E-state index in [-0.39, 0.29) is 23.8 Å². The predicted octanol–water partition coefficient (Wildman–Crippen LogP) is 5.40. The lowest BCUT2D eigenvalue weighted by Crippen LogP contribution is -2.27. The van der Waals surface area contributed by atoms with Gasteiger partial charge in [-0.3, -0.25) is 4.79 Å². The van der Waals surface area contributed by atoms with Crippen molar-refractivity contribution in [2.24, 2.45) is 0 Å². The molecule has 0 unspecified atom stereocenters. The van der Waals surface area contributed by atoms with Crippen LogP contribution in [0.1, 0.15) is 40.0 Å². The van der Waals surface area contributed by atoms with Crippen LogP contribution in [0.4, 0.5) is 0 Å². The van der Waals surface area contributed by atoms with Crippen LogP contribution in [0.15, 0.2) is 78.4 Å². The minimum absolute atomic E-state index is 0.0481. The molecular weight excluding hydrogens is 440 g/mol. The Morgan fingerprint density at radius 1 is 1.12 bits per heavy atom. The van der Waals surface area contributed by atoms with Crippen LogP contribution in [0.3, 0.4) is 0 Å². The van der Waals surface area contributed by atoms with Gasteiger partial charge in [0.15, 0.2) is 0 Å². The van der Waals surface area contributed by atoms with E-state index in [0.717, 1.165) is 5.56 Å². The van der Waals surface area contributed by atoms with E-state index in [1.54, 1.807) is 30.3 Å². The Labute approximate surface area is 196 Å². The minimum atomic E-state index is -1.01. The molecule has 0 saturated carbocycles. The third-order valence-corrected chi connectivity index (χ3v) is 5.14. The lowest BCUT2D eigenvalue weighted by Gasteiger charge is -2.14. The predicted molar refractivity (Wildman–Crippen MR) is 126 cm³/mol. The molecule has 0 aromatic heterocycles. The number of aromatic carboxylic acids is 1. The third-order valence-electron chi connectivity index (χ3n) is 4.85. The lowest BCUT2D eigenvalue weighted by molar-refractivity contribution is -0.117. The molecule has 0 bridgehead atoms. The minimum Gasteiger partial charge on any atom is -0.487 e. The number of halogens is 1. The number of nitriles is 1. The summed E-state index contributed by atoms with van der Waals surface area (Å²) >= 11 is 6.32.